The van der Waals surface area contributed by atoms with Crippen molar-refractivity contribution < 1.29 is 9.53 Å². The Kier molecular flexibility index (Phi) is 10.9. The summed E-state index contributed by atoms with van der Waals surface area (Å²) in [6, 6.07) is 0. The molecule has 0 radical (unpaired) electrons. The summed E-state index contributed by atoms with van der Waals surface area (Å²) >= 11 is 1.89. The van der Waals surface area contributed by atoms with Crippen molar-refractivity contribution in [3.63, 3.8) is 0 Å². The van der Waals surface area contributed by atoms with Gasteiger partial charge in [-0.15, -0.1) is 0 Å². The zero-order chi connectivity index (χ0) is 19.4. The van der Waals surface area contributed by atoms with Crippen molar-refractivity contribution >= 4 is 23.8 Å². The molecule has 0 spiro atoms. The van der Waals surface area contributed by atoms with E-state index in [0.717, 1.165) is 51.4 Å². The normalized spacial score (nSPS) is 18.6. The maximum atomic E-state index is 12.2. The van der Waals surface area contributed by atoms with Crippen molar-refractivity contribution in [2.75, 3.05) is 45.2 Å². The highest BCUT2D eigenvalue weighted by Gasteiger charge is 2.27. The minimum atomic E-state index is -0.431. The van der Waals surface area contributed by atoms with E-state index in [1.807, 2.05) is 44.5 Å². The minimum Gasteiger partial charge on any atom is -0.444 e. The Morgan fingerprint density at radius 2 is 2.00 bits per heavy atom. The van der Waals surface area contributed by atoms with Gasteiger partial charge in [-0.25, -0.2) is 4.79 Å². The predicted molar refractivity (Wildman–Crippen MR) is 112 cm³/mol. The van der Waals surface area contributed by atoms with Crippen LogP contribution in [0.4, 0.5) is 4.79 Å². The average molecular weight is 387 g/mol. The molecule has 0 aromatic heterocycles. The molecular weight excluding hydrogens is 348 g/mol. The second-order valence-electron chi connectivity index (χ2n) is 7.85. The third kappa shape index (κ3) is 10.1. The van der Waals surface area contributed by atoms with Gasteiger partial charge in [0.05, 0.1) is 0 Å². The van der Waals surface area contributed by atoms with Gasteiger partial charge in [-0.2, -0.15) is 11.8 Å². The van der Waals surface area contributed by atoms with Crippen molar-refractivity contribution in [1.29, 1.82) is 0 Å². The van der Waals surface area contributed by atoms with Crippen molar-refractivity contribution in [3.05, 3.63) is 0 Å². The molecule has 1 rings (SSSR count). The lowest BCUT2D eigenvalue weighted by atomic mass is 9.95. The number of guanidine groups is 1. The first-order chi connectivity index (χ1) is 12.4. The molecule has 1 amide bonds. The van der Waals surface area contributed by atoms with Crippen LogP contribution in [0.1, 0.15) is 52.9 Å². The third-order valence-corrected chi connectivity index (χ3v) is 5.00. The first-order valence-corrected chi connectivity index (χ1v) is 11.2. The van der Waals surface area contributed by atoms with Crippen LogP contribution in [0.25, 0.3) is 0 Å². The number of nitrogens with one attached hydrogen (secondary N) is 2. The van der Waals surface area contributed by atoms with Crippen molar-refractivity contribution in [3.8, 4) is 0 Å². The van der Waals surface area contributed by atoms with Crippen LogP contribution in [0.5, 0.6) is 0 Å². The molecule has 0 saturated carbocycles. The summed E-state index contributed by atoms with van der Waals surface area (Å²) in [6.45, 7) is 9.16. The SMILES string of the molecule is CN=C(NCCCCSC)NCCC1CCCN(C(=O)OC(C)(C)C)C1. The molecular formula is C19H38N4O2S. The van der Waals surface area contributed by atoms with Crippen LogP contribution in [-0.4, -0.2) is 67.8 Å². The summed E-state index contributed by atoms with van der Waals surface area (Å²) in [5, 5.41) is 6.75. The average Bonchev–Trinajstić information content (AvgIpc) is 2.59. The quantitative estimate of drug-likeness (QED) is 0.380. The van der Waals surface area contributed by atoms with E-state index in [2.05, 4.69) is 21.9 Å². The maximum absolute atomic E-state index is 12.2. The number of hydrogen-bond donors (Lipinski definition) is 2. The number of thioether (sulfide) groups is 1. The molecule has 0 aromatic carbocycles. The summed E-state index contributed by atoms with van der Waals surface area (Å²) in [4.78, 5) is 18.4. The zero-order valence-corrected chi connectivity index (χ0v) is 18.1. The van der Waals surface area contributed by atoms with E-state index in [1.165, 1.54) is 18.6 Å². The van der Waals surface area contributed by atoms with Crippen LogP contribution in [0.15, 0.2) is 4.99 Å². The number of piperidine rings is 1. The van der Waals surface area contributed by atoms with Crippen LogP contribution < -0.4 is 10.6 Å². The number of carbonyl (C=O) groups is 1. The van der Waals surface area contributed by atoms with E-state index in [1.54, 1.807) is 0 Å². The van der Waals surface area contributed by atoms with Gasteiger partial charge < -0.3 is 20.3 Å². The second-order valence-corrected chi connectivity index (χ2v) is 8.83. The summed E-state index contributed by atoms with van der Waals surface area (Å²) in [5.41, 5.74) is -0.431. The van der Waals surface area contributed by atoms with Gasteiger partial charge in [-0.05, 0) is 70.8 Å². The molecule has 1 fully saturated rings. The summed E-state index contributed by atoms with van der Waals surface area (Å²) in [7, 11) is 1.81. The number of rotatable bonds is 8. The topological polar surface area (TPSA) is 66.0 Å². The summed E-state index contributed by atoms with van der Waals surface area (Å²) < 4.78 is 5.50. The highest BCUT2D eigenvalue weighted by molar-refractivity contribution is 7.98. The first kappa shape index (κ1) is 22.9. The number of ether oxygens (including phenoxy) is 1. The Hall–Kier alpha value is -1.11. The van der Waals surface area contributed by atoms with E-state index >= 15 is 0 Å². The zero-order valence-electron chi connectivity index (χ0n) is 17.3. The number of aliphatic imine (C=N–C) groups is 1. The molecule has 152 valence electrons. The summed E-state index contributed by atoms with van der Waals surface area (Å²) in [5.74, 6) is 2.60. The smallest absolute Gasteiger partial charge is 0.410 e. The van der Waals surface area contributed by atoms with Gasteiger partial charge in [0.25, 0.3) is 0 Å². The van der Waals surface area contributed by atoms with Crippen molar-refractivity contribution in [2.24, 2.45) is 10.9 Å². The third-order valence-electron chi connectivity index (χ3n) is 4.31. The van der Waals surface area contributed by atoms with Crippen molar-refractivity contribution in [2.45, 2.75) is 58.5 Å². The van der Waals surface area contributed by atoms with Gasteiger partial charge in [-0.1, -0.05) is 0 Å². The Morgan fingerprint density at radius 1 is 1.27 bits per heavy atom. The summed E-state index contributed by atoms with van der Waals surface area (Å²) in [6.07, 6.45) is 7.60. The van der Waals surface area contributed by atoms with E-state index < -0.39 is 5.60 Å². The molecule has 1 aliphatic heterocycles. The minimum absolute atomic E-state index is 0.183. The molecule has 7 heteroatoms. The fraction of sp³-hybridized carbons (Fsp3) is 0.895. The van der Waals surface area contributed by atoms with Gasteiger partial charge in [0.1, 0.15) is 5.60 Å². The lowest BCUT2D eigenvalue weighted by Crippen LogP contribution is -2.44. The number of carbonyl (C=O) groups excluding carboxylic acids is 1. The van der Waals surface area contributed by atoms with Gasteiger partial charge in [0.15, 0.2) is 5.96 Å². The molecule has 0 aliphatic carbocycles. The van der Waals surface area contributed by atoms with E-state index in [4.69, 9.17) is 4.74 Å². The molecule has 0 aromatic rings. The number of likely N-dealkylation sites (tertiary alicyclic amines) is 1. The molecule has 2 N–H and O–H groups in total. The van der Waals surface area contributed by atoms with Crippen molar-refractivity contribution in [1.82, 2.24) is 15.5 Å². The van der Waals surface area contributed by atoms with Crippen LogP contribution in [0, 0.1) is 5.92 Å². The Labute approximate surface area is 163 Å². The number of nitrogens with zero attached hydrogens (tertiary/aromatic N) is 2. The lowest BCUT2D eigenvalue weighted by molar-refractivity contribution is 0.0162. The van der Waals surface area contributed by atoms with Gasteiger partial charge in [0, 0.05) is 33.2 Å². The van der Waals surface area contributed by atoms with Crippen LogP contribution in [-0.2, 0) is 4.74 Å². The van der Waals surface area contributed by atoms with Crippen LogP contribution in [0.3, 0.4) is 0 Å². The number of hydrogen-bond acceptors (Lipinski definition) is 4. The Morgan fingerprint density at radius 3 is 2.65 bits per heavy atom. The Balaban J connectivity index is 2.26. The van der Waals surface area contributed by atoms with Crippen LogP contribution >= 0.6 is 11.8 Å². The maximum Gasteiger partial charge on any atom is 0.410 e. The van der Waals surface area contributed by atoms with E-state index in [-0.39, 0.29) is 6.09 Å². The molecule has 1 unspecified atom stereocenters. The monoisotopic (exact) mass is 386 g/mol. The van der Waals surface area contributed by atoms with E-state index in [0.29, 0.717) is 5.92 Å². The van der Waals surface area contributed by atoms with Gasteiger partial charge >= 0.3 is 6.09 Å². The first-order valence-electron chi connectivity index (χ1n) is 9.77. The van der Waals surface area contributed by atoms with Gasteiger partial charge in [0.2, 0.25) is 0 Å². The highest BCUT2D eigenvalue weighted by Crippen LogP contribution is 2.21. The van der Waals surface area contributed by atoms with E-state index in [9.17, 15) is 4.79 Å². The molecule has 1 saturated heterocycles. The lowest BCUT2D eigenvalue weighted by Gasteiger charge is -2.34. The predicted octanol–water partition coefficient (Wildman–Crippen LogP) is 3.33. The largest absolute Gasteiger partial charge is 0.444 e. The van der Waals surface area contributed by atoms with Gasteiger partial charge in [-0.3, -0.25) is 4.99 Å². The molecule has 0 bridgehead atoms. The van der Waals surface area contributed by atoms with Crippen LogP contribution in [0.2, 0.25) is 0 Å². The second kappa shape index (κ2) is 12.3. The fourth-order valence-electron chi connectivity index (χ4n) is 2.99. The highest BCUT2D eigenvalue weighted by atomic mass is 32.2. The standard InChI is InChI=1S/C19H38N4O2S/c1-19(2,3)25-18(24)23-13-8-9-16(15-23)10-12-22-17(20-4)21-11-6-7-14-26-5/h16H,6-15H2,1-5H3,(H2,20,21,22). The molecule has 26 heavy (non-hydrogen) atoms. The fourth-order valence-corrected chi connectivity index (χ4v) is 3.48. The Bertz CT molecular complexity index is 438. The molecule has 1 heterocycles. The number of unbranched alkanes of at least 4 members (excludes halogenated alkanes) is 1. The number of amides is 1. The molecule has 6 nitrogen and oxygen atoms in total. The molecule has 1 aliphatic rings. The molecule has 1 atom stereocenters.